The predicted octanol–water partition coefficient (Wildman–Crippen LogP) is 3.62. The lowest BCUT2D eigenvalue weighted by Crippen LogP contribution is -2.25. The molecule has 1 aromatic rings. The topological polar surface area (TPSA) is 52.0 Å². The van der Waals surface area contributed by atoms with Gasteiger partial charge in [0.1, 0.15) is 0 Å². The maximum Gasteiger partial charge on any atom is 0.0344 e. The summed E-state index contributed by atoms with van der Waals surface area (Å²) in [5.74, 6) is 0. The minimum absolute atomic E-state index is 0.0312. The zero-order valence-electron chi connectivity index (χ0n) is 11.7. The molecule has 0 unspecified atom stereocenters. The van der Waals surface area contributed by atoms with E-state index in [9.17, 15) is 0 Å². The van der Waals surface area contributed by atoms with Crippen LogP contribution in [0.3, 0.4) is 0 Å². The first kappa shape index (κ1) is 12.7. The molecule has 0 aromatic heterocycles. The van der Waals surface area contributed by atoms with Crippen LogP contribution >= 0.6 is 0 Å². The van der Waals surface area contributed by atoms with Crippen LogP contribution in [-0.2, 0) is 0 Å². The fourth-order valence-corrected chi connectivity index (χ4v) is 2.56. The summed E-state index contributed by atoms with van der Waals surface area (Å²) in [7, 11) is 0. The molecule has 0 aliphatic heterocycles. The van der Waals surface area contributed by atoms with Gasteiger partial charge in [0.25, 0.3) is 0 Å². The van der Waals surface area contributed by atoms with Gasteiger partial charge in [0.05, 0.1) is 0 Å². The van der Waals surface area contributed by atoms with Crippen molar-refractivity contribution in [1.29, 1.82) is 0 Å². The monoisotopic (exact) mass is 242 g/mol. The summed E-state index contributed by atoms with van der Waals surface area (Å²) >= 11 is 0. The second-order valence-corrected chi connectivity index (χ2v) is 5.90. The molecule has 0 amide bonds. The molecule has 4 N–H and O–H groups in total. The number of benzene rings is 1. The summed E-state index contributed by atoms with van der Waals surface area (Å²) in [4.78, 5) is 0. The summed E-state index contributed by atoms with van der Waals surface area (Å²) < 4.78 is 0. The molecule has 0 heterocycles. The molecule has 0 saturated carbocycles. The molecule has 0 spiro atoms. The van der Waals surface area contributed by atoms with Crippen LogP contribution in [0.5, 0.6) is 0 Å². The molecule has 0 bridgehead atoms. The smallest absolute Gasteiger partial charge is 0.0344 e. The average Bonchev–Trinajstić information content (AvgIpc) is 2.29. The summed E-state index contributed by atoms with van der Waals surface area (Å²) in [6, 6.07) is 6.24. The van der Waals surface area contributed by atoms with E-state index in [-0.39, 0.29) is 5.41 Å². The maximum atomic E-state index is 6.17. The van der Waals surface area contributed by atoms with Crippen LogP contribution in [0.1, 0.15) is 38.3 Å². The third-order valence-electron chi connectivity index (χ3n) is 3.82. The lowest BCUT2D eigenvalue weighted by atomic mass is 9.75. The van der Waals surface area contributed by atoms with E-state index in [1.807, 2.05) is 13.0 Å². The predicted molar refractivity (Wildman–Crippen MR) is 78.9 cm³/mol. The first-order valence-corrected chi connectivity index (χ1v) is 6.35. The molecule has 2 heteroatoms. The van der Waals surface area contributed by atoms with E-state index in [0.717, 1.165) is 23.4 Å². The Morgan fingerprint density at radius 2 is 1.78 bits per heavy atom. The van der Waals surface area contributed by atoms with Crippen molar-refractivity contribution >= 4 is 11.3 Å². The summed E-state index contributed by atoms with van der Waals surface area (Å²) in [5.41, 5.74) is 18.8. The highest BCUT2D eigenvalue weighted by Gasteiger charge is 2.28. The molecule has 0 saturated heterocycles. The lowest BCUT2D eigenvalue weighted by Gasteiger charge is -2.32. The Balaban J connectivity index is 2.47. The Kier molecular flexibility index (Phi) is 2.97. The van der Waals surface area contributed by atoms with Crippen LogP contribution in [0.4, 0.5) is 5.69 Å². The van der Waals surface area contributed by atoms with E-state index in [1.165, 1.54) is 16.7 Å². The number of anilines is 1. The van der Waals surface area contributed by atoms with Gasteiger partial charge in [-0.2, -0.15) is 0 Å². The number of nitrogen functional groups attached to an aromatic ring is 1. The SMILES string of the molecule is CC1=C(N)C(C)(C)CC(c2ccc(N)c(C)c2)=C1. The minimum atomic E-state index is 0.0312. The number of hydrogen-bond donors (Lipinski definition) is 2. The third kappa shape index (κ3) is 2.15. The summed E-state index contributed by atoms with van der Waals surface area (Å²) in [6.07, 6.45) is 3.17. The van der Waals surface area contributed by atoms with Crippen LogP contribution in [0.25, 0.3) is 5.57 Å². The van der Waals surface area contributed by atoms with Crippen molar-refractivity contribution in [3.63, 3.8) is 0 Å². The van der Waals surface area contributed by atoms with Crippen molar-refractivity contribution in [1.82, 2.24) is 0 Å². The Morgan fingerprint density at radius 1 is 1.11 bits per heavy atom. The van der Waals surface area contributed by atoms with Gasteiger partial charge in [0.15, 0.2) is 0 Å². The Labute approximate surface area is 109 Å². The zero-order valence-corrected chi connectivity index (χ0v) is 11.7. The summed E-state index contributed by atoms with van der Waals surface area (Å²) in [6.45, 7) is 8.52. The molecule has 0 radical (unpaired) electrons. The second kappa shape index (κ2) is 4.20. The Hall–Kier alpha value is -1.70. The maximum absolute atomic E-state index is 6.17. The van der Waals surface area contributed by atoms with Crippen molar-refractivity contribution in [3.8, 4) is 0 Å². The second-order valence-electron chi connectivity index (χ2n) is 5.90. The molecule has 0 atom stereocenters. The lowest BCUT2D eigenvalue weighted by molar-refractivity contribution is 0.446. The van der Waals surface area contributed by atoms with Crippen molar-refractivity contribution in [3.05, 3.63) is 46.7 Å². The number of rotatable bonds is 1. The van der Waals surface area contributed by atoms with Crippen molar-refractivity contribution in [2.75, 3.05) is 5.73 Å². The molecule has 1 aliphatic rings. The van der Waals surface area contributed by atoms with E-state index >= 15 is 0 Å². The number of aryl methyl sites for hydroxylation is 1. The van der Waals surface area contributed by atoms with E-state index in [1.54, 1.807) is 0 Å². The Morgan fingerprint density at radius 3 is 2.33 bits per heavy atom. The molecule has 1 aromatic carbocycles. The van der Waals surface area contributed by atoms with Crippen LogP contribution in [-0.4, -0.2) is 0 Å². The van der Waals surface area contributed by atoms with Crippen LogP contribution in [0.2, 0.25) is 0 Å². The molecule has 2 nitrogen and oxygen atoms in total. The largest absolute Gasteiger partial charge is 0.401 e. The van der Waals surface area contributed by atoms with E-state index in [0.29, 0.717) is 0 Å². The number of hydrogen-bond acceptors (Lipinski definition) is 2. The van der Waals surface area contributed by atoms with Gasteiger partial charge < -0.3 is 11.5 Å². The Bertz CT molecular complexity index is 548. The van der Waals surface area contributed by atoms with Gasteiger partial charge >= 0.3 is 0 Å². The van der Waals surface area contributed by atoms with Gasteiger partial charge in [0.2, 0.25) is 0 Å². The first-order valence-electron chi connectivity index (χ1n) is 6.35. The van der Waals surface area contributed by atoms with E-state index < -0.39 is 0 Å². The molecule has 2 rings (SSSR count). The average molecular weight is 242 g/mol. The third-order valence-corrected chi connectivity index (χ3v) is 3.82. The van der Waals surface area contributed by atoms with Gasteiger partial charge in [0, 0.05) is 16.8 Å². The minimum Gasteiger partial charge on any atom is -0.401 e. The molecule has 18 heavy (non-hydrogen) atoms. The van der Waals surface area contributed by atoms with Crippen molar-refractivity contribution < 1.29 is 0 Å². The van der Waals surface area contributed by atoms with Crippen LogP contribution in [0.15, 0.2) is 35.5 Å². The quantitative estimate of drug-likeness (QED) is 0.739. The molecule has 0 fully saturated rings. The molecular weight excluding hydrogens is 220 g/mol. The fourth-order valence-electron chi connectivity index (χ4n) is 2.56. The molecule has 96 valence electrons. The van der Waals surface area contributed by atoms with E-state index in [4.69, 9.17) is 11.5 Å². The van der Waals surface area contributed by atoms with Crippen LogP contribution < -0.4 is 11.5 Å². The summed E-state index contributed by atoms with van der Waals surface area (Å²) in [5, 5.41) is 0. The molecular formula is C16H22N2. The fraction of sp³-hybridized carbons (Fsp3) is 0.375. The highest BCUT2D eigenvalue weighted by molar-refractivity contribution is 5.73. The van der Waals surface area contributed by atoms with Crippen molar-refractivity contribution in [2.24, 2.45) is 11.1 Å². The first-order chi connectivity index (χ1) is 8.31. The van der Waals surface area contributed by atoms with Gasteiger partial charge in [-0.15, -0.1) is 0 Å². The van der Waals surface area contributed by atoms with Gasteiger partial charge in [-0.1, -0.05) is 26.0 Å². The normalized spacial score (nSPS) is 18.8. The van der Waals surface area contributed by atoms with Crippen molar-refractivity contribution in [2.45, 2.75) is 34.1 Å². The highest BCUT2D eigenvalue weighted by atomic mass is 14.6. The van der Waals surface area contributed by atoms with E-state index in [2.05, 4.69) is 39.0 Å². The number of nitrogens with two attached hydrogens (primary N) is 2. The number of allylic oxidation sites excluding steroid dienone is 4. The molecule has 1 aliphatic carbocycles. The van der Waals surface area contributed by atoms with Crippen LogP contribution in [0, 0.1) is 12.3 Å². The van der Waals surface area contributed by atoms with Gasteiger partial charge in [-0.05, 0) is 54.7 Å². The highest BCUT2D eigenvalue weighted by Crippen LogP contribution is 2.41. The standard InChI is InChI=1S/C16H22N2/c1-10-7-12(5-6-14(10)17)13-8-11(2)15(18)16(3,4)9-13/h5-8H,9,17-18H2,1-4H3. The zero-order chi connectivity index (χ0) is 13.5. The van der Waals surface area contributed by atoms with Gasteiger partial charge in [-0.25, -0.2) is 0 Å². The van der Waals surface area contributed by atoms with Gasteiger partial charge in [-0.3, -0.25) is 0 Å².